The Labute approximate surface area is 153 Å². The average molecular weight is 385 g/mol. The van der Waals surface area contributed by atoms with Gasteiger partial charge in [0.05, 0.1) is 30.1 Å². The predicted molar refractivity (Wildman–Crippen MR) is 93.4 cm³/mol. The van der Waals surface area contributed by atoms with Gasteiger partial charge in [-0.25, -0.2) is 9.40 Å². The molecule has 1 aliphatic rings. The van der Waals surface area contributed by atoms with Gasteiger partial charge in [0.2, 0.25) is 0 Å². The fourth-order valence-corrected chi connectivity index (χ4v) is 3.30. The Kier molecular flexibility index (Phi) is 6.44. The molecule has 3 atom stereocenters. The number of ether oxygens (including phenoxy) is 2. The van der Waals surface area contributed by atoms with Gasteiger partial charge in [-0.2, -0.15) is 5.10 Å². The number of hydrogen-bond acceptors (Lipinski definition) is 5. The monoisotopic (exact) mass is 384 g/mol. The molecule has 0 amide bonds. The largest absolute Gasteiger partial charge is 0.760 e. The minimum Gasteiger partial charge on any atom is -0.760 e. The van der Waals surface area contributed by atoms with Crippen LogP contribution < -0.4 is 9.46 Å². The number of hydrogen-bond donors (Lipinski definition) is 1. The van der Waals surface area contributed by atoms with Crippen molar-refractivity contribution in [1.29, 1.82) is 0 Å². The van der Waals surface area contributed by atoms with Gasteiger partial charge in [0.25, 0.3) is 0 Å². The molecule has 9 heteroatoms. The van der Waals surface area contributed by atoms with Gasteiger partial charge in [0.15, 0.2) is 0 Å². The Balaban J connectivity index is 1.55. The van der Waals surface area contributed by atoms with E-state index < -0.39 is 11.3 Å². The van der Waals surface area contributed by atoms with Crippen LogP contribution in [0.1, 0.15) is 6.42 Å². The van der Waals surface area contributed by atoms with Crippen LogP contribution in [0.3, 0.4) is 0 Å². The summed E-state index contributed by atoms with van der Waals surface area (Å²) in [4.78, 5) is 0. The number of nitrogens with zero attached hydrogens (tertiary/aromatic N) is 2. The standard InChI is InChI=1S/C16H20ClN3O4S/c17-14-8-18-20(9-14)15-1-3-16(4-2-15)24-11-13-10-23-6-5-12(13)7-19-25(21)22/h1-4,8-9,12-13,19H,5-7,10-11H2,(H,21,22)/p-1/t12-,13-/m1/s1. The summed E-state index contributed by atoms with van der Waals surface area (Å²) in [7, 11) is 0. The Morgan fingerprint density at radius 1 is 1.40 bits per heavy atom. The van der Waals surface area contributed by atoms with Gasteiger partial charge in [-0.1, -0.05) is 11.6 Å². The Bertz CT molecular complexity index is 710. The van der Waals surface area contributed by atoms with Crippen LogP contribution in [-0.2, 0) is 16.0 Å². The van der Waals surface area contributed by atoms with Crippen molar-refractivity contribution >= 4 is 22.9 Å². The maximum Gasteiger partial charge on any atom is 0.119 e. The molecular formula is C16H19ClN3O4S-. The molecule has 0 saturated carbocycles. The topological polar surface area (TPSA) is 88.4 Å². The number of aromatic nitrogens is 2. The lowest BCUT2D eigenvalue weighted by Gasteiger charge is -2.31. The summed E-state index contributed by atoms with van der Waals surface area (Å²) >= 11 is 3.63. The highest BCUT2D eigenvalue weighted by atomic mass is 35.5. The van der Waals surface area contributed by atoms with E-state index in [9.17, 15) is 8.76 Å². The van der Waals surface area contributed by atoms with Gasteiger partial charge in [-0.15, -0.1) is 0 Å². The smallest absolute Gasteiger partial charge is 0.119 e. The normalized spacial score (nSPS) is 21.8. The zero-order valence-corrected chi connectivity index (χ0v) is 15.0. The predicted octanol–water partition coefficient (Wildman–Crippen LogP) is 1.94. The summed E-state index contributed by atoms with van der Waals surface area (Å²) in [6.45, 7) is 2.11. The SMILES string of the molecule is O=S([O-])NC[C@H]1CCOC[C@@H]1COc1ccc(-n2cc(Cl)cn2)cc1. The Morgan fingerprint density at radius 3 is 2.88 bits per heavy atom. The van der Waals surface area contributed by atoms with Crippen LogP contribution >= 0.6 is 11.6 Å². The molecular weight excluding hydrogens is 366 g/mol. The molecule has 1 aliphatic heterocycles. The Hall–Kier alpha value is -1.45. The third kappa shape index (κ3) is 5.26. The van der Waals surface area contributed by atoms with Crippen LogP contribution in [0.4, 0.5) is 0 Å². The molecule has 0 spiro atoms. The Morgan fingerprint density at radius 2 is 2.20 bits per heavy atom. The molecule has 25 heavy (non-hydrogen) atoms. The summed E-state index contributed by atoms with van der Waals surface area (Å²) in [5.41, 5.74) is 0.889. The van der Waals surface area contributed by atoms with E-state index in [1.54, 1.807) is 17.1 Å². The van der Waals surface area contributed by atoms with Crippen molar-refractivity contribution in [2.24, 2.45) is 11.8 Å². The lowest BCUT2D eigenvalue weighted by atomic mass is 9.89. The first-order chi connectivity index (χ1) is 12.1. The number of benzene rings is 1. The van der Waals surface area contributed by atoms with Crippen LogP contribution in [0.5, 0.6) is 5.75 Å². The van der Waals surface area contributed by atoms with Crippen LogP contribution in [0.25, 0.3) is 5.69 Å². The van der Waals surface area contributed by atoms with E-state index in [1.807, 2.05) is 24.3 Å². The van der Waals surface area contributed by atoms with E-state index in [0.29, 0.717) is 31.4 Å². The van der Waals surface area contributed by atoms with E-state index in [0.717, 1.165) is 17.9 Å². The van der Waals surface area contributed by atoms with Gasteiger partial charge in [0, 0.05) is 36.5 Å². The quantitative estimate of drug-likeness (QED) is 0.737. The lowest BCUT2D eigenvalue weighted by molar-refractivity contribution is -0.000545. The van der Waals surface area contributed by atoms with Gasteiger partial charge < -0.3 is 14.0 Å². The molecule has 1 N–H and O–H groups in total. The van der Waals surface area contributed by atoms with Gasteiger partial charge >= 0.3 is 0 Å². The zero-order valence-electron chi connectivity index (χ0n) is 13.5. The molecule has 0 aliphatic carbocycles. The van der Waals surface area contributed by atoms with E-state index >= 15 is 0 Å². The second-order valence-corrected chi connectivity index (χ2v) is 7.07. The minimum atomic E-state index is -2.24. The van der Waals surface area contributed by atoms with Crippen LogP contribution in [0.2, 0.25) is 5.02 Å². The molecule has 2 aromatic rings. The molecule has 1 fully saturated rings. The molecule has 2 heterocycles. The van der Waals surface area contributed by atoms with Crippen LogP contribution in [-0.4, -0.2) is 44.9 Å². The van der Waals surface area contributed by atoms with Crippen molar-refractivity contribution in [3.63, 3.8) is 0 Å². The third-order valence-corrected chi connectivity index (χ3v) is 4.81. The summed E-state index contributed by atoms with van der Waals surface area (Å²) in [6.07, 6.45) is 4.13. The van der Waals surface area contributed by atoms with E-state index in [-0.39, 0.29) is 11.8 Å². The van der Waals surface area contributed by atoms with E-state index in [2.05, 4.69) is 9.82 Å². The van der Waals surface area contributed by atoms with Crippen molar-refractivity contribution in [3.05, 3.63) is 41.7 Å². The highest BCUT2D eigenvalue weighted by Crippen LogP contribution is 2.23. The van der Waals surface area contributed by atoms with Crippen LogP contribution in [0, 0.1) is 11.8 Å². The lowest BCUT2D eigenvalue weighted by Crippen LogP contribution is -2.38. The van der Waals surface area contributed by atoms with Gasteiger partial charge in [0.1, 0.15) is 5.75 Å². The molecule has 0 bridgehead atoms. The summed E-state index contributed by atoms with van der Waals surface area (Å²) in [6, 6.07) is 7.54. The second-order valence-electron chi connectivity index (χ2n) is 5.87. The fraction of sp³-hybridized carbons (Fsp3) is 0.438. The molecule has 1 unspecified atom stereocenters. The first-order valence-electron chi connectivity index (χ1n) is 7.96. The molecule has 1 aromatic heterocycles. The van der Waals surface area contributed by atoms with E-state index in [1.165, 1.54) is 0 Å². The first-order valence-corrected chi connectivity index (χ1v) is 9.41. The summed E-state index contributed by atoms with van der Waals surface area (Å²) in [5, 5.41) is 4.73. The van der Waals surface area contributed by atoms with Gasteiger partial charge in [-0.05, 0) is 36.6 Å². The van der Waals surface area contributed by atoms with Crippen molar-refractivity contribution in [3.8, 4) is 11.4 Å². The van der Waals surface area contributed by atoms with Crippen molar-refractivity contribution in [2.75, 3.05) is 26.4 Å². The average Bonchev–Trinajstić information content (AvgIpc) is 3.05. The van der Waals surface area contributed by atoms with Crippen molar-refractivity contribution in [2.45, 2.75) is 6.42 Å². The third-order valence-electron chi connectivity index (χ3n) is 4.21. The second kappa shape index (κ2) is 8.77. The summed E-state index contributed by atoms with van der Waals surface area (Å²) in [5.74, 6) is 1.10. The minimum absolute atomic E-state index is 0.148. The molecule has 136 valence electrons. The molecule has 3 rings (SSSR count). The van der Waals surface area contributed by atoms with Crippen LogP contribution in [0.15, 0.2) is 36.7 Å². The van der Waals surface area contributed by atoms with Crippen molar-refractivity contribution in [1.82, 2.24) is 14.5 Å². The highest BCUT2D eigenvalue weighted by molar-refractivity contribution is 7.77. The molecule has 7 nitrogen and oxygen atoms in total. The summed E-state index contributed by atoms with van der Waals surface area (Å²) < 4.78 is 36.9. The molecule has 1 aromatic carbocycles. The number of nitrogens with one attached hydrogen (secondary N) is 1. The molecule has 1 saturated heterocycles. The number of rotatable bonds is 7. The molecule has 0 radical (unpaired) electrons. The fourth-order valence-electron chi connectivity index (χ4n) is 2.81. The maximum atomic E-state index is 10.7. The number of halogens is 1. The zero-order chi connectivity index (χ0) is 17.6. The highest BCUT2D eigenvalue weighted by Gasteiger charge is 2.26. The van der Waals surface area contributed by atoms with E-state index in [4.69, 9.17) is 21.1 Å². The maximum absolute atomic E-state index is 10.7. The van der Waals surface area contributed by atoms with Crippen molar-refractivity contribution < 1.29 is 18.2 Å². The van der Waals surface area contributed by atoms with Gasteiger partial charge in [-0.3, -0.25) is 4.21 Å². The first kappa shape index (κ1) is 18.3.